The van der Waals surface area contributed by atoms with E-state index in [1.54, 1.807) is 25.3 Å². The van der Waals surface area contributed by atoms with E-state index in [0.717, 1.165) is 24.3 Å². The van der Waals surface area contributed by atoms with Crippen LogP contribution in [-0.4, -0.2) is 36.6 Å². The van der Waals surface area contributed by atoms with Crippen molar-refractivity contribution in [2.75, 3.05) is 19.0 Å². The third-order valence-corrected chi connectivity index (χ3v) is 3.49. The molecule has 0 saturated heterocycles. The molecule has 2 rings (SSSR count). The molecule has 1 amide bonds. The van der Waals surface area contributed by atoms with E-state index in [1.807, 2.05) is 30.3 Å². The number of carbonyl (C=O) groups excluding carboxylic acids is 2. The predicted molar refractivity (Wildman–Crippen MR) is 91.8 cm³/mol. The molecule has 6 nitrogen and oxygen atoms in total. The first kappa shape index (κ1) is 17.5. The van der Waals surface area contributed by atoms with Crippen molar-refractivity contribution in [3.8, 4) is 0 Å². The van der Waals surface area contributed by atoms with E-state index in [9.17, 15) is 9.59 Å². The Morgan fingerprint density at radius 1 is 1.17 bits per heavy atom. The number of rotatable bonds is 7. The number of hydrogen-bond acceptors (Lipinski definition) is 5. The Hall–Kier alpha value is -2.89. The summed E-state index contributed by atoms with van der Waals surface area (Å²) in [6.07, 6.45) is 2.60. The normalized spacial score (nSPS) is 11.4. The van der Waals surface area contributed by atoms with Gasteiger partial charge >= 0.3 is 5.97 Å². The van der Waals surface area contributed by atoms with Crippen LogP contribution in [0.25, 0.3) is 0 Å². The van der Waals surface area contributed by atoms with Gasteiger partial charge in [-0.2, -0.15) is 0 Å². The summed E-state index contributed by atoms with van der Waals surface area (Å²) >= 11 is 0. The van der Waals surface area contributed by atoms with Crippen LogP contribution in [0.3, 0.4) is 0 Å². The summed E-state index contributed by atoms with van der Waals surface area (Å²) in [5, 5.41) is 5.87. The summed E-state index contributed by atoms with van der Waals surface area (Å²) in [7, 11) is 1.29. The SMILES string of the molecule is COC(=O)[C@@H](C)NC(=O)c1ccc(NCCc2ccccn2)cc1. The van der Waals surface area contributed by atoms with Crippen molar-refractivity contribution in [2.45, 2.75) is 19.4 Å². The average molecular weight is 327 g/mol. The highest BCUT2D eigenvalue weighted by Gasteiger charge is 2.16. The Balaban J connectivity index is 1.84. The van der Waals surface area contributed by atoms with E-state index in [0.29, 0.717) is 5.56 Å². The molecule has 0 aliphatic rings. The van der Waals surface area contributed by atoms with Crippen molar-refractivity contribution in [1.82, 2.24) is 10.3 Å². The van der Waals surface area contributed by atoms with Gasteiger partial charge < -0.3 is 15.4 Å². The third-order valence-electron chi connectivity index (χ3n) is 3.49. The van der Waals surface area contributed by atoms with Gasteiger partial charge in [0.2, 0.25) is 0 Å². The fourth-order valence-corrected chi connectivity index (χ4v) is 2.14. The highest BCUT2D eigenvalue weighted by Crippen LogP contribution is 2.10. The van der Waals surface area contributed by atoms with E-state index in [-0.39, 0.29) is 5.91 Å². The number of aromatic nitrogens is 1. The van der Waals surface area contributed by atoms with Crippen LogP contribution in [0.15, 0.2) is 48.7 Å². The monoisotopic (exact) mass is 327 g/mol. The second-order valence-corrected chi connectivity index (χ2v) is 5.29. The van der Waals surface area contributed by atoms with Crippen LogP contribution in [0.5, 0.6) is 0 Å². The van der Waals surface area contributed by atoms with Crippen molar-refractivity contribution < 1.29 is 14.3 Å². The summed E-state index contributed by atoms with van der Waals surface area (Å²) in [6, 6.07) is 12.2. The number of nitrogens with zero attached hydrogens (tertiary/aromatic N) is 1. The van der Waals surface area contributed by atoms with Crippen LogP contribution < -0.4 is 10.6 Å². The minimum atomic E-state index is -0.682. The van der Waals surface area contributed by atoms with Gasteiger partial charge in [0.1, 0.15) is 6.04 Å². The van der Waals surface area contributed by atoms with Crippen molar-refractivity contribution in [2.24, 2.45) is 0 Å². The molecule has 0 bridgehead atoms. The minimum Gasteiger partial charge on any atom is -0.467 e. The molecule has 1 atom stereocenters. The second kappa shape index (κ2) is 8.67. The van der Waals surface area contributed by atoms with Crippen LogP contribution in [0.2, 0.25) is 0 Å². The number of carbonyl (C=O) groups is 2. The molecule has 1 heterocycles. The molecule has 1 aromatic heterocycles. The number of hydrogen-bond donors (Lipinski definition) is 2. The first-order valence-corrected chi connectivity index (χ1v) is 7.72. The molecule has 1 aromatic carbocycles. The fraction of sp³-hybridized carbons (Fsp3) is 0.278. The lowest BCUT2D eigenvalue weighted by Crippen LogP contribution is -2.39. The number of pyridine rings is 1. The van der Waals surface area contributed by atoms with Gasteiger partial charge in [-0.25, -0.2) is 4.79 Å². The highest BCUT2D eigenvalue weighted by atomic mass is 16.5. The molecule has 0 fully saturated rings. The molecule has 2 N–H and O–H groups in total. The zero-order chi connectivity index (χ0) is 17.4. The number of amides is 1. The number of methoxy groups -OCH3 is 1. The van der Waals surface area contributed by atoms with Gasteiger partial charge in [-0.1, -0.05) is 6.07 Å². The maximum Gasteiger partial charge on any atom is 0.328 e. The van der Waals surface area contributed by atoms with E-state index >= 15 is 0 Å². The lowest BCUT2D eigenvalue weighted by Gasteiger charge is -2.12. The predicted octanol–water partition coefficient (Wildman–Crippen LogP) is 2.03. The average Bonchev–Trinajstić information content (AvgIpc) is 2.62. The molecule has 0 radical (unpaired) electrons. The molecule has 0 aliphatic carbocycles. The van der Waals surface area contributed by atoms with Gasteiger partial charge in [0.15, 0.2) is 0 Å². The van der Waals surface area contributed by atoms with E-state index in [4.69, 9.17) is 0 Å². The third kappa shape index (κ3) is 5.08. The zero-order valence-corrected chi connectivity index (χ0v) is 13.8. The Bertz CT molecular complexity index is 672. The van der Waals surface area contributed by atoms with Gasteiger partial charge in [0.25, 0.3) is 5.91 Å². The molecular formula is C18H21N3O3. The second-order valence-electron chi connectivity index (χ2n) is 5.29. The first-order valence-electron chi connectivity index (χ1n) is 7.72. The number of esters is 1. The Kier molecular flexibility index (Phi) is 6.31. The fourth-order valence-electron chi connectivity index (χ4n) is 2.14. The quantitative estimate of drug-likeness (QED) is 0.761. The highest BCUT2D eigenvalue weighted by molar-refractivity contribution is 5.96. The summed E-state index contributed by atoms with van der Waals surface area (Å²) in [4.78, 5) is 27.6. The van der Waals surface area contributed by atoms with Crippen LogP contribution in [-0.2, 0) is 16.0 Å². The molecule has 0 unspecified atom stereocenters. The Morgan fingerprint density at radius 2 is 1.92 bits per heavy atom. The smallest absolute Gasteiger partial charge is 0.328 e. The van der Waals surface area contributed by atoms with Gasteiger partial charge in [0, 0.05) is 36.1 Å². The molecular weight excluding hydrogens is 306 g/mol. The zero-order valence-electron chi connectivity index (χ0n) is 13.8. The summed E-state index contributed by atoms with van der Waals surface area (Å²) < 4.78 is 4.58. The molecule has 24 heavy (non-hydrogen) atoms. The van der Waals surface area contributed by atoms with Crippen LogP contribution in [0.1, 0.15) is 23.0 Å². The largest absolute Gasteiger partial charge is 0.467 e. The molecule has 0 saturated carbocycles. The van der Waals surface area contributed by atoms with Crippen molar-refractivity contribution in [3.05, 3.63) is 59.9 Å². The van der Waals surface area contributed by atoms with Gasteiger partial charge in [-0.15, -0.1) is 0 Å². The van der Waals surface area contributed by atoms with Crippen molar-refractivity contribution in [3.63, 3.8) is 0 Å². The molecule has 6 heteroatoms. The van der Waals surface area contributed by atoms with Crippen LogP contribution in [0, 0.1) is 0 Å². The van der Waals surface area contributed by atoms with Gasteiger partial charge in [-0.3, -0.25) is 9.78 Å². The Labute approximate surface area is 141 Å². The topological polar surface area (TPSA) is 80.3 Å². The lowest BCUT2D eigenvalue weighted by atomic mass is 10.1. The van der Waals surface area contributed by atoms with E-state index in [1.165, 1.54) is 7.11 Å². The number of anilines is 1. The number of ether oxygens (including phenoxy) is 1. The van der Waals surface area contributed by atoms with Crippen LogP contribution >= 0.6 is 0 Å². The van der Waals surface area contributed by atoms with Crippen molar-refractivity contribution >= 4 is 17.6 Å². The number of benzene rings is 1. The molecule has 0 aliphatic heterocycles. The lowest BCUT2D eigenvalue weighted by molar-refractivity contribution is -0.142. The summed E-state index contributed by atoms with van der Waals surface area (Å²) in [6.45, 7) is 2.33. The molecule has 126 valence electrons. The standard InChI is InChI=1S/C18H21N3O3/c1-13(18(23)24-2)21-17(22)14-6-8-16(9-7-14)20-12-10-15-5-3-4-11-19-15/h3-9,11,13,20H,10,12H2,1-2H3,(H,21,22)/t13-/m1/s1. The van der Waals surface area contributed by atoms with Gasteiger partial charge in [0.05, 0.1) is 7.11 Å². The summed E-state index contributed by atoms with van der Waals surface area (Å²) in [5.74, 6) is -0.788. The van der Waals surface area contributed by atoms with E-state index < -0.39 is 12.0 Å². The van der Waals surface area contributed by atoms with Gasteiger partial charge in [-0.05, 0) is 43.3 Å². The maximum atomic E-state index is 12.0. The number of nitrogens with one attached hydrogen (secondary N) is 2. The maximum absolute atomic E-state index is 12.0. The first-order chi connectivity index (χ1) is 11.6. The summed E-state index contributed by atoms with van der Waals surface area (Å²) in [5.41, 5.74) is 2.43. The molecule has 0 spiro atoms. The minimum absolute atomic E-state index is 0.312. The van der Waals surface area contributed by atoms with Crippen molar-refractivity contribution in [1.29, 1.82) is 0 Å². The Morgan fingerprint density at radius 3 is 2.54 bits per heavy atom. The van der Waals surface area contributed by atoms with Crippen LogP contribution in [0.4, 0.5) is 5.69 Å². The molecule has 2 aromatic rings. The van der Waals surface area contributed by atoms with E-state index in [2.05, 4.69) is 20.4 Å².